The van der Waals surface area contributed by atoms with Crippen molar-refractivity contribution in [2.45, 2.75) is 53.4 Å². The molecule has 1 aliphatic carbocycles. The molecular weight excluding hydrogens is 240 g/mol. The molecule has 1 atom stereocenters. The van der Waals surface area contributed by atoms with E-state index < -0.39 is 5.92 Å². The maximum Gasteiger partial charge on any atom is 0.316 e. The van der Waals surface area contributed by atoms with Gasteiger partial charge in [-0.1, -0.05) is 27.7 Å². The first-order chi connectivity index (χ1) is 8.88. The quantitative estimate of drug-likeness (QED) is 0.566. The monoisotopic (exact) mass is 268 g/mol. The highest BCUT2D eigenvalue weighted by Crippen LogP contribution is 2.35. The van der Waals surface area contributed by atoms with Gasteiger partial charge >= 0.3 is 5.97 Å². The number of Topliss-reactive ketones (excluding diaryl/α,β-unsaturated/α-hetero) is 1. The van der Waals surface area contributed by atoms with Crippen LogP contribution in [-0.4, -0.2) is 18.9 Å². The van der Waals surface area contributed by atoms with Crippen molar-refractivity contribution >= 4 is 11.8 Å². The second-order valence-corrected chi connectivity index (χ2v) is 6.50. The highest BCUT2D eigenvalue weighted by molar-refractivity contribution is 6.00. The van der Waals surface area contributed by atoms with Gasteiger partial charge in [0.1, 0.15) is 11.7 Å². The van der Waals surface area contributed by atoms with Crippen LogP contribution >= 0.6 is 0 Å². The highest BCUT2D eigenvalue weighted by Gasteiger charge is 2.37. The lowest BCUT2D eigenvalue weighted by atomic mass is 9.72. The van der Waals surface area contributed by atoms with Crippen LogP contribution in [0.1, 0.15) is 53.4 Å². The van der Waals surface area contributed by atoms with Crippen LogP contribution in [0.4, 0.5) is 0 Å². The molecule has 0 saturated heterocycles. The highest BCUT2D eigenvalue weighted by atomic mass is 16.5. The molecule has 3 heteroatoms. The molecule has 0 N–H and O–H groups in total. The molecule has 1 fully saturated rings. The molecule has 0 aliphatic heterocycles. The lowest BCUT2D eigenvalue weighted by molar-refractivity contribution is -0.152. The van der Waals surface area contributed by atoms with Crippen molar-refractivity contribution in [3.05, 3.63) is 0 Å². The van der Waals surface area contributed by atoms with Crippen LogP contribution in [0, 0.1) is 29.6 Å². The second kappa shape index (κ2) is 7.06. The van der Waals surface area contributed by atoms with E-state index in [1.807, 2.05) is 13.8 Å². The number of methoxy groups -OCH3 is 1. The molecule has 1 aliphatic rings. The van der Waals surface area contributed by atoms with Gasteiger partial charge in [0.25, 0.3) is 0 Å². The summed E-state index contributed by atoms with van der Waals surface area (Å²) in [6.45, 7) is 8.33. The Kier molecular flexibility index (Phi) is 6.02. The number of carbonyl (C=O) groups excluding carboxylic acids is 2. The minimum Gasteiger partial charge on any atom is -0.468 e. The Hall–Kier alpha value is -0.860. The molecule has 0 aromatic heterocycles. The number of hydrogen-bond donors (Lipinski definition) is 0. The Bertz CT molecular complexity index is 312. The van der Waals surface area contributed by atoms with Gasteiger partial charge in [-0.3, -0.25) is 9.59 Å². The van der Waals surface area contributed by atoms with E-state index in [-0.39, 0.29) is 23.6 Å². The van der Waals surface area contributed by atoms with Crippen molar-refractivity contribution in [2.75, 3.05) is 7.11 Å². The first-order valence-corrected chi connectivity index (χ1v) is 7.50. The molecule has 0 radical (unpaired) electrons. The summed E-state index contributed by atoms with van der Waals surface area (Å²) in [5.74, 6) is 0.655. The molecule has 1 saturated carbocycles. The summed E-state index contributed by atoms with van der Waals surface area (Å²) in [6.07, 6.45) is 4.09. The van der Waals surface area contributed by atoms with E-state index in [0.717, 1.165) is 31.6 Å². The van der Waals surface area contributed by atoms with Gasteiger partial charge in [-0.2, -0.15) is 0 Å². The van der Waals surface area contributed by atoms with Crippen LogP contribution < -0.4 is 0 Å². The number of hydrogen-bond acceptors (Lipinski definition) is 3. The van der Waals surface area contributed by atoms with Crippen molar-refractivity contribution in [3.8, 4) is 0 Å². The van der Waals surface area contributed by atoms with E-state index in [9.17, 15) is 9.59 Å². The fraction of sp³-hybridized carbons (Fsp3) is 0.875. The van der Waals surface area contributed by atoms with Gasteiger partial charge in [0, 0.05) is 5.92 Å². The third-order valence-electron chi connectivity index (χ3n) is 4.55. The van der Waals surface area contributed by atoms with Gasteiger partial charge < -0.3 is 4.74 Å². The van der Waals surface area contributed by atoms with E-state index >= 15 is 0 Å². The summed E-state index contributed by atoms with van der Waals surface area (Å²) in [4.78, 5) is 24.3. The molecule has 0 spiro atoms. The Morgan fingerprint density at radius 2 is 1.53 bits per heavy atom. The number of ketones is 1. The minimum absolute atomic E-state index is 0.0165. The van der Waals surface area contributed by atoms with Gasteiger partial charge in [-0.25, -0.2) is 0 Å². The average Bonchev–Trinajstić information content (AvgIpc) is 2.38. The average molecular weight is 268 g/mol. The van der Waals surface area contributed by atoms with Gasteiger partial charge in [0.15, 0.2) is 0 Å². The molecule has 0 heterocycles. The largest absolute Gasteiger partial charge is 0.468 e. The van der Waals surface area contributed by atoms with Crippen molar-refractivity contribution in [3.63, 3.8) is 0 Å². The number of esters is 1. The molecule has 110 valence electrons. The lowest BCUT2D eigenvalue weighted by Gasteiger charge is -2.32. The van der Waals surface area contributed by atoms with Gasteiger partial charge in [0.05, 0.1) is 7.11 Å². The smallest absolute Gasteiger partial charge is 0.316 e. The SMILES string of the molecule is COC(=O)C(C(=O)C1CCC(C(C)C)CC1)C(C)C. The minimum atomic E-state index is -0.578. The summed E-state index contributed by atoms with van der Waals surface area (Å²) in [5.41, 5.74) is 0. The van der Waals surface area contributed by atoms with Crippen LogP contribution in [0.15, 0.2) is 0 Å². The molecule has 19 heavy (non-hydrogen) atoms. The fourth-order valence-electron chi connectivity index (χ4n) is 3.17. The molecule has 3 nitrogen and oxygen atoms in total. The van der Waals surface area contributed by atoms with Crippen LogP contribution in [0.5, 0.6) is 0 Å². The van der Waals surface area contributed by atoms with Crippen molar-refractivity contribution < 1.29 is 14.3 Å². The summed E-state index contributed by atoms with van der Waals surface area (Å²) in [7, 11) is 1.36. The Morgan fingerprint density at radius 3 is 1.89 bits per heavy atom. The first kappa shape index (κ1) is 16.2. The zero-order valence-electron chi connectivity index (χ0n) is 12.9. The summed E-state index contributed by atoms with van der Waals surface area (Å²) in [6, 6.07) is 0. The third-order valence-corrected chi connectivity index (χ3v) is 4.55. The van der Waals surface area contributed by atoms with Crippen LogP contribution in [-0.2, 0) is 14.3 Å². The maximum atomic E-state index is 12.5. The number of rotatable bonds is 5. The van der Waals surface area contributed by atoms with E-state index in [1.165, 1.54) is 7.11 Å². The zero-order chi connectivity index (χ0) is 14.6. The molecule has 0 amide bonds. The predicted octanol–water partition coefficient (Wildman–Crippen LogP) is 3.46. The molecule has 1 unspecified atom stereocenters. The molecule has 0 aromatic carbocycles. The summed E-state index contributed by atoms with van der Waals surface area (Å²) >= 11 is 0. The molecule has 0 bridgehead atoms. The van der Waals surface area contributed by atoms with Crippen LogP contribution in [0.3, 0.4) is 0 Å². The summed E-state index contributed by atoms with van der Waals surface area (Å²) in [5, 5.41) is 0. The standard InChI is InChI=1S/C16H28O3/c1-10(2)12-6-8-13(9-7-12)15(17)14(11(3)4)16(18)19-5/h10-14H,6-9H2,1-5H3. The van der Waals surface area contributed by atoms with E-state index in [2.05, 4.69) is 13.8 Å². The number of ether oxygens (including phenoxy) is 1. The van der Waals surface area contributed by atoms with Crippen molar-refractivity contribution in [2.24, 2.45) is 29.6 Å². The maximum absolute atomic E-state index is 12.5. The third kappa shape index (κ3) is 4.05. The predicted molar refractivity (Wildman–Crippen MR) is 75.6 cm³/mol. The van der Waals surface area contributed by atoms with E-state index in [4.69, 9.17) is 4.74 Å². The fourth-order valence-corrected chi connectivity index (χ4v) is 3.17. The molecule has 0 aromatic rings. The zero-order valence-corrected chi connectivity index (χ0v) is 12.9. The molecular formula is C16H28O3. The first-order valence-electron chi connectivity index (χ1n) is 7.50. The van der Waals surface area contributed by atoms with Gasteiger partial charge in [-0.15, -0.1) is 0 Å². The van der Waals surface area contributed by atoms with E-state index in [1.54, 1.807) is 0 Å². The van der Waals surface area contributed by atoms with E-state index in [0.29, 0.717) is 5.92 Å². The van der Waals surface area contributed by atoms with Gasteiger partial charge in [-0.05, 0) is 43.4 Å². The molecule has 1 rings (SSSR count). The van der Waals surface area contributed by atoms with Crippen molar-refractivity contribution in [1.82, 2.24) is 0 Å². The Morgan fingerprint density at radius 1 is 1.00 bits per heavy atom. The normalized spacial score (nSPS) is 25.4. The Balaban J connectivity index is 2.65. The number of carbonyl (C=O) groups is 2. The Labute approximate surface area is 117 Å². The van der Waals surface area contributed by atoms with Crippen LogP contribution in [0.25, 0.3) is 0 Å². The second-order valence-electron chi connectivity index (χ2n) is 6.50. The van der Waals surface area contributed by atoms with Crippen molar-refractivity contribution in [1.29, 1.82) is 0 Å². The lowest BCUT2D eigenvalue weighted by Crippen LogP contribution is -2.36. The van der Waals surface area contributed by atoms with Crippen LogP contribution in [0.2, 0.25) is 0 Å². The topological polar surface area (TPSA) is 43.4 Å². The van der Waals surface area contributed by atoms with Gasteiger partial charge in [0.2, 0.25) is 0 Å². The summed E-state index contributed by atoms with van der Waals surface area (Å²) < 4.78 is 4.79.